The molecule has 3 rings (SSSR count). The van der Waals surface area contributed by atoms with Crippen LogP contribution in [0.25, 0.3) is 0 Å². The van der Waals surface area contributed by atoms with Gasteiger partial charge in [-0.2, -0.15) is 0 Å². The number of nitrogens with zero attached hydrogens (tertiary/aromatic N) is 1. The molecule has 1 saturated heterocycles. The lowest BCUT2D eigenvalue weighted by molar-refractivity contribution is -0.117. The van der Waals surface area contributed by atoms with Gasteiger partial charge in [-0.1, -0.05) is 75.5 Å². The first-order valence-electron chi connectivity index (χ1n) is 9.46. The Morgan fingerprint density at radius 1 is 0.964 bits per heavy atom. The van der Waals surface area contributed by atoms with E-state index < -0.39 is 0 Å². The average Bonchev–Trinajstić information content (AvgIpc) is 2.71. The summed E-state index contributed by atoms with van der Waals surface area (Å²) in [7, 11) is 0. The number of alkyl halides is 2. The molecule has 28 heavy (non-hydrogen) atoms. The maximum absolute atomic E-state index is 12.4. The van der Waals surface area contributed by atoms with Crippen LogP contribution in [0.2, 0.25) is 0 Å². The molecule has 4 nitrogen and oxygen atoms in total. The standard InChI is InChI=1S/C22H24I2N2O2/c23-13-10-22(24)11-14-26(15-12-22)16-20(27)25-19-8-6-18(7-9-19)21(28)17-4-2-1-3-5-17/h1-9H,10-16H2,(H,25,27). The number of hydrogen-bond donors (Lipinski definition) is 1. The first kappa shape index (κ1) is 21.7. The summed E-state index contributed by atoms with van der Waals surface area (Å²) in [5.41, 5.74) is 2.01. The lowest BCUT2D eigenvalue weighted by atomic mass is 9.94. The molecular weight excluding hydrogens is 578 g/mol. The van der Waals surface area contributed by atoms with Crippen LogP contribution in [-0.4, -0.2) is 44.1 Å². The molecule has 6 heteroatoms. The van der Waals surface area contributed by atoms with E-state index in [1.54, 1.807) is 36.4 Å². The lowest BCUT2D eigenvalue weighted by Crippen LogP contribution is -2.44. The zero-order chi connectivity index (χ0) is 20.0. The van der Waals surface area contributed by atoms with Gasteiger partial charge < -0.3 is 5.32 Å². The van der Waals surface area contributed by atoms with Gasteiger partial charge in [0.2, 0.25) is 5.91 Å². The fraction of sp³-hybridized carbons (Fsp3) is 0.364. The number of piperidine rings is 1. The minimum atomic E-state index is -0.0134. The Morgan fingerprint density at radius 2 is 1.57 bits per heavy atom. The normalized spacial score (nSPS) is 16.5. The Hall–Kier alpha value is -1.00. The van der Waals surface area contributed by atoms with Gasteiger partial charge in [-0.15, -0.1) is 0 Å². The minimum Gasteiger partial charge on any atom is -0.325 e. The van der Waals surface area contributed by atoms with Crippen LogP contribution in [0.3, 0.4) is 0 Å². The third-order valence-corrected chi connectivity index (χ3v) is 7.29. The van der Waals surface area contributed by atoms with E-state index in [-0.39, 0.29) is 11.7 Å². The van der Waals surface area contributed by atoms with Crippen molar-refractivity contribution in [2.24, 2.45) is 0 Å². The topological polar surface area (TPSA) is 49.4 Å². The zero-order valence-electron chi connectivity index (χ0n) is 15.7. The van der Waals surface area contributed by atoms with Gasteiger partial charge in [0.1, 0.15) is 0 Å². The lowest BCUT2D eigenvalue weighted by Gasteiger charge is -2.37. The monoisotopic (exact) mass is 602 g/mol. The highest BCUT2D eigenvalue weighted by molar-refractivity contribution is 14.1. The Balaban J connectivity index is 1.50. The summed E-state index contributed by atoms with van der Waals surface area (Å²) in [5.74, 6) is -0.0161. The SMILES string of the molecule is O=C(CN1CCC(I)(CCI)CC1)Nc1ccc(C(=O)c2ccccc2)cc1. The number of ketones is 1. The first-order chi connectivity index (χ1) is 13.5. The fourth-order valence-electron chi connectivity index (χ4n) is 3.40. The molecule has 1 aliphatic rings. The summed E-state index contributed by atoms with van der Waals surface area (Å²) < 4.78 is 1.58. The zero-order valence-corrected chi connectivity index (χ0v) is 20.0. The van der Waals surface area contributed by atoms with Gasteiger partial charge in [-0.05, 0) is 56.6 Å². The number of hydrogen-bond acceptors (Lipinski definition) is 3. The van der Waals surface area contributed by atoms with E-state index in [9.17, 15) is 9.59 Å². The molecule has 0 spiro atoms. The molecule has 0 aliphatic carbocycles. The number of rotatable bonds is 7. The molecule has 1 fully saturated rings. The van der Waals surface area contributed by atoms with Crippen molar-refractivity contribution < 1.29 is 9.59 Å². The smallest absolute Gasteiger partial charge is 0.238 e. The molecule has 0 aromatic heterocycles. The van der Waals surface area contributed by atoms with E-state index in [4.69, 9.17) is 0 Å². The molecule has 1 aliphatic heterocycles. The first-order valence-corrected chi connectivity index (χ1v) is 12.1. The highest BCUT2D eigenvalue weighted by Gasteiger charge is 2.31. The van der Waals surface area contributed by atoms with Gasteiger partial charge in [0.25, 0.3) is 0 Å². The predicted molar refractivity (Wildman–Crippen MR) is 131 cm³/mol. The summed E-state index contributed by atoms with van der Waals surface area (Å²) in [6.07, 6.45) is 3.52. The second-order valence-electron chi connectivity index (χ2n) is 7.19. The largest absolute Gasteiger partial charge is 0.325 e. The van der Waals surface area contributed by atoms with Crippen LogP contribution in [0.1, 0.15) is 35.2 Å². The number of anilines is 1. The van der Waals surface area contributed by atoms with Crippen molar-refractivity contribution in [2.75, 3.05) is 29.4 Å². The molecular formula is C22H24I2N2O2. The van der Waals surface area contributed by atoms with Crippen LogP contribution >= 0.6 is 45.2 Å². The Morgan fingerprint density at radius 3 is 2.18 bits per heavy atom. The molecule has 2 aromatic carbocycles. The number of halogens is 2. The van der Waals surface area contributed by atoms with Crippen LogP contribution in [0.15, 0.2) is 54.6 Å². The van der Waals surface area contributed by atoms with Gasteiger partial charge in [-0.3, -0.25) is 14.5 Å². The molecule has 0 unspecified atom stereocenters. The molecule has 0 radical (unpaired) electrons. The summed E-state index contributed by atoms with van der Waals surface area (Å²) in [6.45, 7) is 2.36. The highest BCUT2D eigenvalue weighted by atomic mass is 127. The van der Waals surface area contributed by atoms with E-state index >= 15 is 0 Å². The van der Waals surface area contributed by atoms with Crippen LogP contribution in [0, 0.1) is 0 Å². The number of amides is 1. The molecule has 2 aromatic rings. The van der Waals surface area contributed by atoms with E-state index in [1.807, 2.05) is 18.2 Å². The van der Waals surface area contributed by atoms with Crippen molar-refractivity contribution in [3.63, 3.8) is 0 Å². The van der Waals surface area contributed by atoms with Crippen LogP contribution in [0.5, 0.6) is 0 Å². The number of carbonyl (C=O) groups excluding carboxylic acids is 2. The Labute approximate surface area is 193 Å². The maximum Gasteiger partial charge on any atom is 0.238 e. The van der Waals surface area contributed by atoms with Gasteiger partial charge in [-0.25, -0.2) is 0 Å². The molecule has 0 saturated carbocycles. The fourth-order valence-corrected chi connectivity index (χ4v) is 6.21. The number of nitrogens with one attached hydrogen (secondary N) is 1. The van der Waals surface area contributed by atoms with Gasteiger partial charge in [0.15, 0.2) is 5.78 Å². The number of carbonyl (C=O) groups is 2. The molecule has 1 heterocycles. The summed E-state index contributed by atoms with van der Waals surface area (Å²) in [4.78, 5) is 27.1. The Kier molecular flexibility index (Phi) is 7.87. The predicted octanol–water partition coefficient (Wildman–Crippen LogP) is 4.95. The van der Waals surface area contributed by atoms with Crippen molar-refractivity contribution in [2.45, 2.75) is 22.7 Å². The van der Waals surface area contributed by atoms with Crippen molar-refractivity contribution in [3.8, 4) is 0 Å². The number of benzene rings is 2. The molecule has 148 valence electrons. The van der Waals surface area contributed by atoms with E-state index in [2.05, 4.69) is 55.4 Å². The molecule has 1 amide bonds. The van der Waals surface area contributed by atoms with Crippen LogP contribution < -0.4 is 5.32 Å². The second kappa shape index (κ2) is 10.2. The quantitative estimate of drug-likeness (QED) is 0.278. The van der Waals surface area contributed by atoms with E-state index in [0.29, 0.717) is 21.1 Å². The maximum atomic E-state index is 12.4. The molecule has 0 bridgehead atoms. The van der Waals surface area contributed by atoms with Crippen molar-refractivity contribution in [3.05, 3.63) is 65.7 Å². The third-order valence-electron chi connectivity index (χ3n) is 5.13. The van der Waals surface area contributed by atoms with Gasteiger partial charge in [0, 0.05) is 24.7 Å². The molecule has 0 atom stereocenters. The van der Waals surface area contributed by atoms with Gasteiger partial charge >= 0.3 is 0 Å². The highest BCUT2D eigenvalue weighted by Crippen LogP contribution is 2.35. The summed E-state index contributed by atoms with van der Waals surface area (Å²) in [6, 6.07) is 16.3. The van der Waals surface area contributed by atoms with Crippen LogP contribution in [0.4, 0.5) is 5.69 Å². The average molecular weight is 602 g/mol. The molecule has 1 N–H and O–H groups in total. The summed E-state index contributed by atoms with van der Waals surface area (Å²) >= 11 is 5.05. The van der Waals surface area contributed by atoms with Crippen LogP contribution in [-0.2, 0) is 4.79 Å². The number of likely N-dealkylation sites (tertiary alicyclic amines) is 1. The van der Waals surface area contributed by atoms with Crippen molar-refractivity contribution in [1.29, 1.82) is 0 Å². The Bertz CT molecular complexity index is 801. The van der Waals surface area contributed by atoms with Crippen molar-refractivity contribution >= 4 is 62.6 Å². The second-order valence-corrected chi connectivity index (χ2v) is 10.6. The van der Waals surface area contributed by atoms with Crippen molar-refractivity contribution in [1.82, 2.24) is 4.90 Å². The third kappa shape index (κ3) is 6.00. The minimum absolute atomic E-state index is 0.00279. The van der Waals surface area contributed by atoms with Gasteiger partial charge in [0.05, 0.1) is 6.54 Å². The van der Waals surface area contributed by atoms with E-state index in [0.717, 1.165) is 31.6 Å². The summed E-state index contributed by atoms with van der Waals surface area (Å²) in [5, 5.41) is 2.95. The van der Waals surface area contributed by atoms with E-state index in [1.165, 1.54) is 10.8 Å².